The molecule has 0 spiro atoms. The normalized spacial score (nSPS) is 12.3. The molecule has 2 aromatic heterocycles. The molecule has 6 heteroatoms. The molecule has 142 valence electrons. The summed E-state index contributed by atoms with van der Waals surface area (Å²) in [5.74, 6) is -0.156. The number of benzene rings is 2. The Kier molecular flexibility index (Phi) is 3.49. The summed E-state index contributed by atoms with van der Waals surface area (Å²) < 4.78 is 2.42. The lowest BCUT2D eigenvalue weighted by Crippen LogP contribution is -2.37. The summed E-state index contributed by atoms with van der Waals surface area (Å²) >= 11 is 0. The first kappa shape index (κ1) is 17.3. The SMILES string of the molecule is Cc1ccc(-c2c3c(nc4c2c(=O)n(C)c(=O)n4C)-c2ccccc2C3=O)cc1. The van der Waals surface area contributed by atoms with Gasteiger partial charge in [0, 0.05) is 30.8 Å². The lowest BCUT2D eigenvalue weighted by atomic mass is 9.94. The van der Waals surface area contributed by atoms with E-state index in [2.05, 4.69) is 4.98 Å². The summed E-state index contributed by atoms with van der Waals surface area (Å²) in [4.78, 5) is 43.6. The number of rotatable bonds is 1. The van der Waals surface area contributed by atoms with Crippen molar-refractivity contribution >= 4 is 16.8 Å². The highest BCUT2D eigenvalue weighted by Gasteiger charge is 2.34. The van der Waals surface area contributed by atoms with Gasteiger partial charge < -0.3 is 0 Å². The lowest BCUT2D eigenvalue weighted by Gasteiger charge is -2.15. The van der Waals surface area contributed by atoms with E-state index < -0.39 is 11.2 Å². The zero-order chi connectivity index (χ0) is 20.4. The topological polar surface area (TPSA) is 74.0 Å². The number of hydrogen-bond acceptors (Lipinski definition) is 4. The minimum absolute atomic E-state index is 0.156. The van der Waals surface area contributed by atoms with Gasteiger partial charge in [-0.05, 0) is 12.5 Å². The predicted octanol–water partition coefficient (Wildman–Crippen LogP) is 2.82. The lowest BCUT2D eigenvalue weighted by molar-refractivity contribution is 0.104. The van der Waals surface area contributed by atoms with Gasteiger partial charge in [-0.2, -0.15) is 0 Å². The van der Waals surface area contributed by atoms with Crippen LogP contribution in [0.25, 0.3) is 33.4 Å². The molecule has 5 rings (SSSR count). The van der Waals surface area contributed by atoms with Gasteiger partial charge in [0.15, 0.2) is 11.4 Å². The fourth-order valence-corrected chi connectivity index (χ4v) is 4.04. The van der Waals surface area contributed by atoms with Crippen LogP contribution < -0.4 is 11.2 Å². The molecular weight excluding hydrogens is 366 g/mol. The molecule has 0 atom stereocenters. The van der Waals surface area contributed by atoms with Crippen LogP contribution >= 0.6 is 0 Å². The van der Waals surface area contributed by atoms with Crippen molar-refractivity contribution in [3.05, 3.63) is 86.1 Å². The molecule has 2 heterocycles. The molecule has 0 radical (unpaired) electrons. The monoisotopic (exact) mass is 383 g/mol. The van der Waals surface area contributed by atoms with Gasteiger partial charge in [-0.3, -0.25) is 18.7 Å². The van der Waals surface area contributed by atoms with Gasteiger partial charge in [0.05, 0.1) is 16.6 Å². The Morgan fingerprint density at radius 3 is 2.14 bits per heavy atom. The van der Waals surface area contributed by atoms with Gasteiger partial charge in [0.2, 0.25) is 0 Å². The summed E-state index contributed by atoms with van der Waals surface area (Å²) in [5, 5.41) is 0.276. The van der Waals surface area contributed by atoms with Crippen molar-refractivity contribution in [1.29, 1.82) is 0 Å². The van der Waals surface area contributed by atoms with Crippen LogP contribution in [0.5, 0.6) is 0 Å². The van der Waals surface area contributed by atoms with E-state index in [1.165, 1.54) is 11.6 Å². The summed E-state index contributed by atoms with van der Waals surface area (Å²) in [6.07, 6.45) is 0. The third-order valence-electron chi connectivity index (χ3n) is 5.58. The quantitative estimate of drug-likeness (QED) is 0.446. The smallest absolute Gasteiger partial charge is 0.288 e. The van der Waals surface area contributed by atoms with Crippen LogP contribution in [0.2, 0.25) is 0 Å². The van der Waals surface area contributed by atoms with E-state index in [1.807, 2.05) is 49.4 Å². The third kappa shape index (κ3) is 2.23. The molecule has 1 aliphatic carbocycles. The number of nitrogens with zero attached hydrogens (tertiary/aromatic N) is 3. The van der Waals surface area contributed by atoms with E-state index in [0.717, 1.165) is 21.3 Å². The standard InChI is InChI=1S/C23H17N3O3/c1-12-8-10-13(11-9-12)16-17-19(14-6-4-5-7-15(14)20(17)27)24-21-18(16)22(28)26(3)23(29)25(21)2/h4-11H,1-3H3. The highest BCUT2D eigenvalue weighted by atomic mass is 16.2. The fourth-order valence-electron chi connectivity index (χ4n) is 4.04. The highest BCUT2D eigenvalue weighted by Crippen LogP contribution is 2.42. The van der Waals surface area contributed by atoms with Crippen LogP contribution in [0.4, 0.5) is 0 Å². The molecule has 2 aromatic carbocycles. The Balaban J connectivity index is 2.07. The molecule has 0 saturated carbocycles. The van der Waals surface area contributed by atoms with Crippen molar-refractivity contribution < 1.29 is 4.79 Å². The molecule has 0 amide bonds. The van der Waals surface area contributed by atoms with Crippen molar-refractivity contribution in [2.75, 3.05) is 0 Å². The molecule has 6 nitrogen and oxygen atoms in total. The number of pyridine rings is 1. The van der Waals surface area contributed by atoms with Gasteiger partial charge in [-0.15, -0.1) is 0 Å². The largest absolute Gasteiger partial charge is 0.332 e. The number of fused-ring (bicyclic) bond motifs is 4. The first-order valence-electron chi connectivity index (χ1n) is 9.25. The van der Waals surface area contributed by atoms with Crippen molar-refractivity contribution in [3.63, 3.8) is 0 Å². The Hall–Kier alpha value is -3.80. The maximum absolute atomic E-state index is 13.3. The summed E-state index contributed by atoms with van der Waals surface area (Å²) in [5.41, 5.74) is 3.90. The van der Waals surface area contributed by atoms with Crippen molar-refractivity contribution in [2.24, 2.45) is 14.1 Å². The van der Waals surface area contributed by atoms with Crippen LogP contribution in [0.15, 0.2) is 58.1 Å². The van der Waals surface area contributed by atoms with E-state index in [9.17, 15) is 14.4 Å². The van der Waals surface area contributed by atoms with E-state index >= 15 is 0 Å². The van der Waals surface area contributed by atoms with E-state index in [1.54, 1.807) is 13.1 Å². The third-order valence-corrected chi connectivity index (χ3v) is 5.58. The molecule has 0 fully saturated rings. The van der Waals surface area contributed by atoms with Gasteiger partial charge in [-0.25, -0.2) is 9.78 Å². The Morgan fingerprint density at radius 2 is 1.45 bits per heavy atom. The predicted molar refractivity (Wildman–Crippen MR) is 111 cm³/mol. The first-order chi connectivity index (χ1) is 13.9. The maximum Gasteiger partial charge on any atom is 0.332 e. The van der Waals surface area contributed by atoms with Gasteiger partial charge in [-0.1, -0.05) is 54.1 Å². The molecule has 4 aromatic rings. The molecule has 1 aliphatic rings. The van der Waals surface area contributed by atoms with Crippen molar-refractivity contribution in [1.82, 2.24) is 14.1 Å². The zero-order valence-electron chi connectivity index (χ0n) is 16.2. The Morgan fingerprint density at radius 1 is 0.793 bits per heavy atom. The average molecular weight is 383 g/mol. The van der Waals surface area contributed by atoms with Gasteiger partial charge in [0.25, 0.3) is 5.56 Å². The number of hydrogen-bond donors (Lipinski definition) is 0. The first-order valence-corrected chi connectivity index (χ1v) is 9.25. The molecule has 0 N–H and O–H groups in total. The molecule has 0 aliphatic heterocycles. The van der Waals surface area contributed by atoms with E-state index in [-0.39, 0.29) is 16.8 Å². The second-order valence-electron chi connectivity index (χ2n) is 7.36. The average Bonchev–Trinajstić information content (AvgIpc) is 3.02. The van der Waals surface area contributed by atoms with E-state index in [4.69, 9.17) is 0 Å². The molecule has 0 bridgehead atoms. The van der Waals surface area contributed by atoms with Crippen LogP contribution in [-0.2, 0) is 14.1 Å². The molecule has 0 saturated heterocycles. The number of carbonyl (C=O) groups is 1. The van der Waals surface area contributed by atoms with Crippen LogP contribution in [0, 0.1) is 6.92 Å². The molecule has 0 unspecified atom stereocenters. The number of aryl methyl sites for hydroxylation is 2. The Labute approximate surface area is 165 Å². The second-order valence-corrected chi connectivity index (χ2v) is 7.36. The minimum Gasteiger partial charge on any atom is -0.288 e. The highest BCUT2D eigenvalue weighted by molar-refractivity contribution is 6.26. The van der Waals surface area contributed by atoms with Crippen molar-refractivity contribution in [2.45, 2.75) is 6.92 Å². The maximum atomic E-state index is 13.3. The Bertz CT molecular complexity index is 1470. The number of aromatic nitrogens is 3. The number of ketones is 1. The van der Waals surface area contributed by atoms with E-state index in [0.29, 0.717) is 22.4 Å². The fraction of sp³-hybridized carbons (Fsp3) is 0.130. The molecular formula is C23H17N3O3. The van der Waals surface area contributed by atoms with Crippen LogP contribution in [0.3, 0.4) is 0 Å². The number of carbonyl (C=O) groups excluding carboxylic acids is 1. The van der Waals surface area contributed by atoms with Gasteiger partial charge in [0.1, 0.15) is 0 Å². The molecule has 29 heavy (non-hydrogen) atoms. The van der Waals surface area contributed by atoms with Crippen LogP contribution in [-0.4, -0.2) is 19.9 Å². The zero-order valence-corrected chi connectivity index (χ0v) is 16.2. The summed E-state index contributed by atoms with van der Waals surface area (Å²) in [6, 6.07) is 14.9. The summed E-state index contributed by atoms with van der Waals surface area (Å²) in [7, 11) is 3.03. The minimum atomic E-state index is -0.460. The van der Waals surface area contributed by atoms with Gasteiger partial charge >= 0.3 is 5.69 Å². The second kappa shape index (κ2) is 5.85. The summed E-state index contributed by atoms with van der Waals surface area (Å²) in [6.45, 7) is 1.97. The van der Waals surface area contributed by atoms with Crippen LogP contribution in [0.1, 0.15) is 21.5 Å². The van der Waals surface area contributed by atoms with Crippen molar-refractivity contribution in [3.8, 4) is 22.4 Å².